The van der Waals surface area contributed by atoms with Crippen molar-refractivity contribution in [2.45, 2.75) is 24.3 Å². The number of hydrogen-bond donors (Lipinski definition) is 0. The van der Waals surface area contributed by atoms with E-state index in [4.69, 9.17) is 9.57 Å². The lowest BCUT2D eigenvalue weighted by Crippen LogP contribution is -2.54. The van der Waals surface area contributed by atoms with Crippen molar-refractivity contribution in [1.82, 2.24) is 4.90 Å². The van der Waals surface area contributed by atoms with Gasteiger partial charge in [0.1, 0.15) is 5.71 Å². The van der Waals surface area contributed by atoms with E-state index in [2.05, 4.69) is 40.8 Å². The Morgan fingerprint density at radius 1 is 1.28 bits per heavy atom. The van der Waals surface area contributed by atoms with Crippen LogP contribution in [0.4, 0.5) is 0 Å². The molecule has 1 fully saturated rings. The van der Waals surface area contributed by atoms with Crippen LogP contribution in [-0.2, 0) is 19.1 Å². The van der Waals surface area contributed by atoms with Crippen LogP contribution in [0.15, 0.2) is 34.3 Å². The summed E-state index contributed by atoms with van der Waals surface area (Å²) in [5, 5.41) is 4.31. The molecule has 1 aromatic carbocycles. The second kappa shape index (κ2) is 9.22. The lowest BCUT2D eigenvalue weighted by molar-refractivity contribution is -0.145. The van der Waals surface area contributed by atoms with Gasteiger partial charge < -0.3 is 14.3 Å². The third kappa shape index (κ3) is 5.20. The number of carbonyl (C=O) groups excluding carboxylic acids is 1. The SMILES string of the molecule is COC(=O)CON=C(c1ccc(SC)cc1)C(C)(C)N1CCOCC1. The molecule has 0 saturated carbocycles. The molecule has 1 heterocycles. The average Bonchev–Trinajstić information content (AvgIpc) is 2.65. The topological polar surface area (TPSA) is 60.4 Å². The van der Waals surface area contributed by atoms with Crippen molar-refractivity contribution in [2.24, 2.45) is 5.16 Å². The minimum Gasteiger partial charge on any atom is -0.466 e. The summed E-state index contributed by atoms with van der Waals surface area (Å²) in [5.41, 5.74) is 1.39. The maximum atomic E-state index is 11.3. The van der Waals surface area contributed by atoms with E-state index in [0.29, 0.717) is 13.2 Å². The van der Waals surface area contributed by atoms with E-state index in [-0.39, 0.29) is 12.1 Å². The number of benzene rings is 1. The monoisotopic (exact) mass is 366 g/mol. The highest BCUT2D eigenvalue weighted by atomic mass is 32.2. The molecule has 0 unspecified atom stereocenters. The van der Waals surface area contributed by atoms with Crippen molar-refractivity contribution >= 4 is 23.4 Å². The summed E-state index contributed by atoms with van der Waals surface area (Å²) >= 11 is 1.69. The van der Waals surface area contributed by atoms with Crippen molar-refractivity contribution in [1.29, 1.82) is 0 Å². The zero-order valence-electron chi connectivity index (χ0n) is 15.3. The molecule has 0 radical (unpaired) electrons. The van der Waals surface area contributed by atoms with E-state index >= 15 is 0 Å². The van der Waals surface area contributed by atoms with E-state index in [0.717, 1.165) is 24.4 Å². The Kier molecular flexibility index (Phi) is 7.28. The van der Waals surface area contributed by atoms with E-state index in [9.17, 15) is 4.79 Å². The summed E-state index contributed by atoms with van der Waals surface area (Å²) < 4.78 is 10.1. The van der Waals surface area contributed by atoms with Crippen molar-refractivity contribution in [2.75, 3.05) is 46.3 Å². The summed E-state index contributed by atoms with van der Waals surface area (Å²) in [7, 11) is 1.33. The van der Waals surface area contributed by atoms with Gasteiger partial charge in [0.05, 0.1) is 25.9 Å². The third-order valence-electron chi connectivity index (χ3n) is 4.31. The highest BCUT2D eigenvalue weighted by molar-refractivity contribution is 7.98. The Hall–Kier alpha value is -1.57. The normalized spacial score (nSPS) is 16.6. The van der Waals surface area contributed by atoms with E-state index in [1.54, 1.807) is 11.8 Å². The molecule has 0 atom stereocenters. The number of esters is 1. The van der Waals surface area contributed by atoms with Crippen molar-refractivity contribution < 1.29 is 19.1 Å². The molecule has 0 aromatic heterocycles. The van der Waals surface area contributed by atoms with Gasteiger partial charge in [-0.25, -0.2) is 4.79 Å². The van der Waals surface area contributed by atoms with Gasteiger partial charge in [-0.2, -0.15) is 0 Å². The summed E-state index contributed by atoms with van der Waals surface area (Å²) in [6.07, 6.45) is 2.04. The number of rotatable bonds is 7. The zero-order chi connectivity index (χ0) is 18.3. The van der Waals surface area contributed by atoms with Gasteiger partial charge in [-0.15, -0.1) is 11.8 Å². The fraction of sp³-hybridized carbons (Fsp3) is 0.556. The minimum atomic E-state index is -0.454. The van der Waals surface area contributed by atoms with Crippen LogP contribution in [0, 0.1) is 0 Å². The lowest BCUT2D eigenvalue weighted by Gasteiger charge is -2.41. The van der Waals surface area contributed by atoms with E-state index < -0.39 is 5.97 Å². The summed E-state index contributed by atoms with van der Waals surface area (Å²) in [4.78, 5) is 20.1. The maximum absolute atomic E-state index is 11.3. The fourth-order valence-electron chi connectivity index (χ4n) is 2.75. The highest BCUT2D eigenvalue weighted by Gasteiger charge is 2.35. The number of carbonyl (C=O) groups is 1. The van der Waals surface area contributed by atoms with Crippen LogP contribution < -0.4 is 0 Å². The molecule has 0 N–H and O–H groups in total. The molecule has 0 bridgehead atoms. The molecule has 1 aliphatic heterocycles. The molecule has 1 aromatic rings. The quantitative estimate of drug-likeness (QED) is 0.320. The highest BCUT2D eigenvalue weighted by Crippen LogP contribution is 2.24. The number of morpholine rings is 1. The molecular formula is C18H26N2O4S. The van der Waals surface area contributed by atoms with Crippen LogP contribution in [0.1, 0.15) is 19.4 Å². The number of thioether (sulfide) groups is 1. The molecule has 138 valence electrons. The Morgan fingerprint density at radius 3 is 2.48 bits per heavy atom. The first kappa shape index (κ1) is 19.8. The Bertz CT molecular complexity index is 596. The zero-order valence-corrected chi connectivity index (χ0v) is 16.1. The molecule has 1 saturated heterocycles. The van der Waals surface area contributed by atoms with Gasteiger partial charge in [-0.3, -0.25) is 4.90 Å². The van der Waals surface area contributed by atoms with Crippen LogP contribution in [0.5, 0.6) is 0 Å². The van der Waals surface area contributed by atoms with Gasteiger partial charge in [0.25, 0.3) is 0 Å². The first-order valence-corrected chi connectivity index (χ1v) is 9.46. The predicted molar refractivity (Wildman–Crippen MR) is 99.2 cm³/mol. The molecule has 0 amide bonds. The number of methoxy groups -OCH3 is 1. The molecule has 0 spiro atoms. The Morgan fingerprint density at radius 2 is 1.92 bits per heavy atom. The van der Waals surface area contributed by atoms with E-state index in [1.807, 2.05) is 18.4 Å². The summed E-state index contributed by atoms with van der Waals surface area (Å²) in [6.45, 7) is 7.07. The van der Waals surface area contributed by atoms with E-state index in [1.165, 1.54) is 12.0 Å². The Balaban J connectivity index is 2.29. The van der Waals surface area contributed by atoms with Crippen molar-refractivity contribution in [3.63, 3.8) is 0 Å². The van der Waals surface area contributed by atoms with Crippen molar-refractivity contribution in [3.8, 4) is 0 Å². The standard InChI is InChI=1S/C18H26N2O4S/c1-18(2,20-9-11-23-12-10-20)17(19-24-13-16(21)22-3)14-5-7-15(25-4)8-6-14/h5-8H,9-13H2,1-4H3. The number of oxime groups is 1. The predicted octanol–water partition coefficient (Wildman–Crippen LogP) is 2.41. The molecule has 6 nitrogen and oxygen atoms in total. The first-order chi connectivity index (χ1) is 12.0. The van der Waals surface area contributed by atoms with Crippen LogP contribution in [0.25, 0.3) is 0 Å². The summed E-state index contributed by atoms with van der Waals surface area (Å²) in [6, 6.07) is 8.19. The smallest absolute Gasteiger partial charge is 0.346 e. The van der Waals surface area contributed by atoms with Crippen molar-refractivity contribution in [3.05, 3.63) is 29.8 Å². The van der Waals surface area contributed by atoms with Gasteiger partial charge in [0.2, 0.25) is 6.61 Å². The second-order valence-electron chi connectivity index (χ2n) is 6.18. The molecule has 0 aliphatic carbocycles. The van der Waals surface area contributed by atoms with Crippen LogP contribution in [-0.4, -0.2) is 68.4 Å². The number of ether oxygens (including phenoxy) is 2. The van der Waals surface area contributed by atoms with Gasteiger partial charge in [-0.1, -0.05) is 17.3 Å². The molecular weight excluding hydrogens is 340 g/mol. The van der Waals surface area contributed by atoms with Crippen LogP contribution >= 0.6 is 11.8 Å². The second-order valence-corrected chi connectivity index (χ2v) is 7.06. The third-order valence-corrected chi connectivity index (χ3v) is 5.05. The molecule has 2 rings (SSSR count). The summed E-state index contributed by atoms with van der Waals surface area (Å²) in [5.74, 6) is -0.454. The van der Waals surface area contributed by atoms with Gasteiger partial charge >= 0.3 is 5.97 Å². The van der Waals surface area contributed by atoms with Crippen LogP contribution in [0.3, 0.4) is 0 Å². The first-order valence-electron chi connectivity index (χ1n) is 8.23. The minimum absolute atomic E-state index is 0.206. The Labute approximate surface area is 153 Å². The molecule has 7 heteroatoms. The fourth-order valence-corrected chi connectivity index (χ4v) is 3.16. The average molecular weight is 366 g/mol. The maximum Gasteiger partial charge on any atom is 0.346 e. The van der Waals surface area contributed by atoms with Gasteiger partial charge in [0, 0.05) is 23.5 Å². The molecule has 25 heavy (non-hydrogen) atoms. The van der Waals surface area contributed by atoms with Crippen LogP contribution in [0.2, 0.25) is 0 Å². The van der Waals surface area contributed by atoms with Gasteiger partial charge in [-0.05, 0) is 32.2 Å². The lowest BCUT2D eigenvalue weighted by atomic mass is 9.90. The van der Waals surface area contributed by atoms with Gasteiger partial charge in [0.15, 0.2) is 0 Å². The number of nitrogens with zero attached hydrogens (tertiary/aromatic N) is 2. The largest absolute Gasteiger partial charge is 0.466 e. The number of hydrogen-bond acceptors (Lipinski definition) is 7. The molecule has 1 aliphatic rings.